The van der Waals surface area contributed by atoms with Crippen LogP contribution in [0.4, 0.5) is 0 Å². The first-order valence-electron chi connectivity index (χ1n) is 19.7. The highest BCUT2D eigenvalue weighted by molar-refractivity contribution is 6.11. The molecule has 2 aliphatic carbocycles. The largest absolute Gasteiger partial charge is 0.309 e. The van der Waals surface area contributed by atoms with Crippen LogP contribution in [0.25, 0.3) is 83.5 Å². The van der Waals surface area contributed by atoms with Gasteiger partial charge in [-0.3, -0.25) is 0 Å². The molecule has 7 aromatic carbocycles. The summed E-state index contributed by atoms with van der Waals surface area (Å²) in [6.07, 6.45) is 6.84. The Morgan fingerprint density at radius 2 is 1.25 bits per heavy atom. The van der Waals surface area contributed by atoms with Crippen LogP contribution in [0.3, 0.4) is 0 Å². The average molecular weight is 707 g/mol. The molecule has 2 aliphatic rings. The number of para-hydroxylation sites is 2. The minimum absolute atomic E-state index is 0.164. The predicted octanol–water partition coefficient (Wildman–Crippen LogP) is 13.9. The van der Waals surface area contributed by atoms with Gasteiger partial charge in [-0.2, -0.15) is 0 Å². The average Bonchev–Trinajstić information content (AvgIpc) is 3.81. The first-order valence-corrected chi connectivity index (χ1v) is 19.7. The highest BCUT2D eigenvalue weighted by atomic mass is 15.0. The molecule has 0 unspecified atom stereocenters. The molecule has 2 aromatic heterocycles. The third kappa shape index (κ3) is 4.61. The maximum atomic E-state index is 2.53. The normalized spacial score (nSPS) is 14.1. The van der Waals surface area contributed by atoms with Gasteiger partial charge in [-0.25, -0.2) is 0 Å². The third-order valence-corrected chi connectivity index (χ3v) is 12.7. The zero-order valence-electron chi connectivity index (χ0n) is 31.8. The Hall–Kier alpha value is -6.38. The molecule has 0 saturated heterocycles. The topological polar surface area (TPSA) is 9.86 Å². The number of aryl methyl sites for hydroxylation is 3. The summed E-state index contributed by atoms with van der Waals surface area (Å²) in [5.41, 5.74) is 22.0. The molecule has 0 amide bonds. The van der Waals surface area contributed by atoms with Gasteiger partial charge in [0.15, 0.2) is 0 Å². The number of nitrogens with zero attached hydrogens (tertiary/aromatic N) is 2. The van der Waals surface area contributed by atoms with E-state index in [0.29, 0.717) is 0 Å². The number of allylic oxidation sites excluding steroid dienone is 1. The summed E-state index contributed by atoms with van der Waals surface area (Å²) < 4.78 is 5.01. The van der Waals surface area contributed by atoms with Crippen LogP contribution in [0.2, 0.25) is 0 Å². The van der Waals surface area contributed by atoms with Crippen molar-refractivity contribution in [1.29, 1.82) is 0 Å². The van der Waals surface area contributed by atoms with Crippen LogP contribution >= 0.6 is 0 Å². The Kier molecular flexibility index (Phi) is 6.89. The van der Waals surface area contributed by atoms with Crippen LogP contribution in [0.1, 0.15) is 53.8 Å². The molecule has 11 rings (SSSR count). The molecule has 9 aromatic rings. The van der Waals surface area contributed by atoms with E-state index in [4.69, 9.17) is 0 Å². The van der Waals surface area contributed by atoms with E-state index in [1.54, 1.807) is 0 Å². The van der Waals surface area contributed by atoms with Crippen molar-refractivity contribution in [2.75, 3.05) is 0 Å². The Morgan fingerprint density at radius 1 is 0.509 bits per heavy atom. The van der Waals surface area contributed by atoms with Crippen LogP contribution in [-0.4, -0.2) is 9.13 Å². The molecule has 0 atom stereocenters. The van der Waals surface area contributed by atoms with Crippen molar-refractivity contribution in [3.8, 4) is 44.8 Å². The van der Waals surface area contributed by atoms with Crippen molar-refractivity contribution in [2.45, 2.75) is 46.0 Å². The van der Waals surface area contributed by atoms with Crippen LogP contribution in [0, 0.1) is 13.8 Å². The van der Waals surface area contributed by atoms with Crippen LogP contribution in [-0.2, 0) is 11.8 Å². The fourth-order valence-electron chi connectivity index (χ4n) is 9.91. The van der Waals surface area contributed by atoms with Crippen LogP contribution in [0.15, 0.2) is 152 Å². The van der Waals surface area contributed by atoms with Crippen LogP contribution in [0.5, 0.6) is 0 Å². The van der Waals surface area contributed by atoms with E-state index in [9.17, 15) is 0 Å². The highest BCUT2D eigenvalue weighted by Gasteiger charge is 2.38. The van der Waals surface area contributed by atoms with Crippen molar-refractivity contribution in [3.63, 3.8) is 0 Å². The fraction of sp³-hybridized carbons (Fsp3) is 0.132. The fourth-order valence-corrected chi connectivity index (χ4v) is 9.91. The summed E-state index contributed by atoms with van der Waals surface area (Å²) in [7, 11) is 0. The van der Waals surface area contributed by atoms with Gasteiger partial charge in [-0.1, -0.05) is 117 Å². The molecule has 0 radical (unpaired) electrons. The smallest absolute Gasteiger partial charge is 0.0619 e. The second kappa shape index (κ2) is 11.8. The zero-order valence-corrected chi connectivity index (χ0v) is 31.8. The minimum atomic E-state index is -0.164. The summed E-state index contributed by atoms with van der Waals surface area (Å²) >= 11 is 0. The van der Waals surface area contributed by atoms with Gasteiger partial charge in [-0.15, -0.1) is 0 Å². The molecule has 0 bridgehead atoms. The molecular formula is C53H42N2. The van der Waals surface area contributed by atoms with Crippen molar-refractivity contribution in [2.24, 2.45) is 0 Å². The SMILES string of the molecule is Cc1ccccc1-c1cc(-c2ccc3c(c2)c2ccccc2n3-c2ccc3c(c2)C(C)(C)c2ccc4c5c(n(-c6ccccc6)c4c2-3)C=CCC5)ccc1C. The van der Waals surface area contributed by atoms with E-state index in [0.717, 1.165) is 12.8 Å². The lowest BCUT2D eigenvalue weighted by atomic mass is 9.82. The van der Waals surface area contributed by atoms with Crippen molar-refractivity contribution in [3.05, 3.63) is 185 Å². The summed E-state index contributed by atoms with van der Waals surface area (Å²) in [5, 5.41) is 3.93. The van der Waals surface area contributed by atoms with Gasteiger partial charge < -0.3 is 9.13 Å². The molecule has 2 heterocycles. The predicted molar refractivity (Wildman–Crippen MR) is 233 cm³/mol. The van der Waals surface area contributed by atoms with Gasteiger partial charge >= 0.3 is 0 Å². The van der Waals surface area contributed by atoms with Gasteiger partial charge in [0.2, 0.25) is 0 Å². The second-order valence-corrected chi connectivity index (χ2v) is 16.1. The Bertz CT molecular complexity index is 3070. The number of benzene rings is 7. The van der Waals surface area contributed by atoms with E-state index < -0.39 is 0 Å². The molecule has 264 valence electrons. The molecule has 0 fully saturated rings. The van der Waals surface area contributed by atoms with Crippen LogP contribution < -0.4 is 0 Å². The third-order valence-electron chi connectivity index (χ3n) is 12.7. The molecule has 55 heavy (non-hydrogen) atoms. The first kappa shape index (κ1) is 32.1. The van der Waals surface area contributed by atoms with Gasteiger partial charge in [0.25, 0.3) is 0 Å². The maximum Gasteiger partial charge on any atom is 0.0619 e. The molecule has 0 spiro atoms. The van der Waals surface area contributed by atoms with E-state index in [1.807, 2.05) is 0 Å². The van der Waals surface area contributed by atoms with Gasteiger partial charge in [-0.05, 0) is 137 Å². The standard InChI is InChI=1S/C53H42N2/c1-33-14-8-9-17-39(33)44-30-35(23-22-34(44)2)36-24-29-50-45(31-36)41-19-11-12-20-48(41)54(50)38-25-26-43-47(32-38)53(3,4)46-28-27-42-40-18-10-13-21-49(40)55(52(42)51(43)46)37-15-6-5-7-16-37/h5-9,11-17,19-32H,10,18H2,1-4H3. The maximum absolute atomic E-state index is 2.53. The molecule has 0 N–H and O–H groups in total. The van der Waals surface area contributed by atoms with Gasteiger partial charge in [0.1, 0.15) is 0 Å². The number of fused-ring (bicyclic) bond motifs is 10. The quantitative estimate of drug-likeness (QED) is 0.172. The second-order valence-electron chi connectivity index (χ2n) is 16.1. The zero-order chi connectivity index (χ0) is 37.0. The molecule has 0 aliphatic heterocycles. The van der Waals surface area contributed by atoms with E-state index in [2.05, 4.69) is 195 Å². The molecule has 0 saturated carbocycles. The first-order chi connectivity index (χ1) is 26.9. The number of rotatable bonds is 4. The van der Waals surface area contributed by atoms with Crippen molar-refractivity contribution < 1.29 is 0 Å². The Balaban J connectivity index is 1.09. The highest BCUT2D eigenvalue weighted by Crippen LogP contribution is 2.54. The van der Waals surface area contributed by atoms with Gasteiger partial charge in [0.05, 0.1) is 16.6 Å². The van der Waals surface area contributed by atoms with E-state index in [-0.39, 0.29) is 5.41 Å². The lowest BCUT2D eigenvalue weighted by Crippen LogP contribution is -2.15. The van der Waals surface area contributed by atoms with Gasteiger partial charge in [0, 0.05) is 44.2 Å². The minimum Gasteiger partial charge on any atom is -0.309 e. The number of aromatic nitrogens is 2. The summed E-state index contributed by atoms with van der Waals surface area (Å²) in [5.74, 6) is 0. The monoisotopic (exact) mass is 706 g/mol. The number of hydrogen-bond acceptors (Lipinski definition) is 0. The summed E-state index contributed by atoms with van der Waals surface area (Å²) in [6, 6.07) is 54.6. The molecular weight excluding hydrogens is 665 g/mol. The van der Waals surface area contributed by atoms with Crippen molar-refractivity contribution >= 4 is 38.8 Å². The number of hydrogen-bond donors (Lipinski definition) is 0. The van der Waals surface area contributed by atoms with E-state index >= 15 is 0 Å². The Labute approximate surface area is 322 Å². The van der Waals surface area contributed by atoms with E-state index in [1.165, 1.54) is 111 Å². The van der Waals surface area contributed by atoms with Crippen molar-refractivity contribution in [1.82, 2.24) is 9.13 Å². The molecule has 2 nitrogen and oxygen atoms in total. The summed E-state index contributed by atoms with van der Waals surface area (Å²) in [6.45, 7) is 9.24. The molecule has 2 heteroatoms. The summed E-state index contributed by atoms with van der Waals surface area (Å²) in [4.78, 5) is 0. The lowest BCUT2D eigenvalue weighted by molar-refractivity contribution is 0.660. The Morgan fingerprint density at radius 3 is 2.13 bits per heavy atom. The lowest BCUT2D eigenvalue weighted by Gasteiger charge is -2.22.